The van der Waals surface area contributed by atoms with Crippen LogP contribution in [0, 0.1) is 0 Å². The summed E-state index contributed by atoms with van der Waals surface area (Å²) in [5.74, 6) is 1.79. The zero-order valence-electron chi connectivity index (χ0n) is 11.5. The number of benzene rings is 1. The van der Waals surface area contributed by atoms with Gasteiger partial charge in [-0.3, -0.25) is 0 Å². The lowest BCUT2D eigenvalue weighted by atomic mass is 10.0. The summed E-state index contributed by atoms with van der Waals surface area (Å²) in [5.41, 5.74) is 1.32. The molecule has 1 aromatic carbocycles. The van der Waals surface area contributed by atoms with Gasteiger partial charge >= 0.3 is 0 Å². The van der Waals surface area contributed by atoms with Crippen molar-refractivity contribution < 1.29 is 9.47 Å². The van der Waals surface area contributed by atoms with E-state index in [9.17, 15) is 0 Å². The number of likely N-dealkylation sites (N-methyl/N-ethyl adjacent to an activating group) is 1. The summed E-state index contributed by atoms with van der Waals surface area (Å²) in [6.07, 6.45) is 2.01. The Balaban J connectivity index is 1.72. The summed E-state index contributed by atoms with van der Waals surface area (Å²) >= 11 is 0. The molecule has 0 saturated carbocycles. The van der Waals surface area contributed by atoms with Gasteiger partial charge in [0.1, 0.15) is 0 Å². The van der Waals surface area contributed by atoms with E-state index < -0.39 is 0 Å². The second-order valence-electron chi connectivity index (χ2n) is 5.37. The van der Waals surface area contributed by atoms with Gasteiger partial charge in [-0.2, -0.15) is 0 Å². The van der Waals surface area contributed by atoms with Crippen LogP contribution in [-0.2, 0) is 6.42 Å². The molecule has 0 radical (unpaired) electrons. The highest BCUT2D eigenvalue weighted by Crippen LogP contribution is 2.31. The van der Waals surface area contributed by atoms with Crippen LogP contribution in [0.3, 0.4) is 0 Å². The standard InChI is InChI=1S/C15H22N2O2/c1-17-6-5-16-11-13(17)9-12-3-4-14-15(10-12)19-8-2-7-18-14/h3-4,10,13,16H,2,5-9,11H2,1H3. The van der Waals surface area contributed by atoms with Crippen molar-refractivity contribution in [2.24, 2.45) is 0 Å². The number of nitrogens with zero attached hydrogens (tertiary/aromatic N) is 1. The van der Waals surface area contributed by atoms with E-state index in [1.54, 1.807) is 0 Å². The van der Waals surface area contributed by atoms with Gasteiger partial charge < -0.3 is 19.7 Å². The smallest absolute Gasteiger partial charge is 0.161 e. The molecular weight excluding hydrogens is 240 g/mol. The molecule has 1 saturated heterocycles. The first kappa shape index (κ1) is 12.8. The van der Waals surface area contributed by atoms with Gasteiger partial charge in [-0.15, -0.1) is 0 Å². The molecule has 2 aliphatic rings. The predicted octanol–water partition coefficient (Wildman–Crippen LogP) is 1.29. The van der Waals surface area contributed by atoms with E-state index >= 15 is 0 Å². The quantitative estimate of drug-likeness (QED) is 0.871. The fourth-order valence-corrected chi connectivity index (χ4v) is 2.70. The lowest BCUT2D eigenvalue weighted by Gasteiger charge is -2.33. The second-order valence-corrected chi connectivity index (χ2v) is 5.37. The Morgan fingerprint density at radius 2 is 2.11 bits per heavy atom. The van der Waals surface area contributed by atoms with Crippen LogP contribution in [0.2, 0.25) is 0 Å². The summed E-state index contributed by atoms with van der Waals surface area (Å²) in [7, 11) is 2.20. The first-order valence-electron chi connectivity index (χ1n) is 7.12. The average molecular weight is 262 g/mol. The number of rotatable bonds is 2. The fourth-order valence-electron chi connectivity index (χ4n) is 2.70. The van der Waals surface area contributed by atoms with Crippen molar-refractivity contribution in [3.05, 3.63) is 23.8 Å². The van der Waals surface area contributed by atoms with E-state index in [0.29, 0.717) is 6.04 Å². The van der Waals surface area contributed by atoms with Crippen LogP contribution in [0.5, 0.6) is 11.5 Å². The monoisotopic (exact) mass is 262 g/mol. The molecular formula is C15H22N2O2. The largest absolute Gasteiger partial charge is 0.490 e. The maximum absolute atomic E-state index is 5.75. The highest BCUT2D eigenvalue weighted by atomic mass is 16.5. The van der Waals surface area contributed by atoms with Gasteiger partial charge in [0.15, 0.2) is 11.5 Å². The van der Waals surface area contributed by atoms with Crippen LogP contribution in [0.15, 0.2) is 18.2 Å². The molecule has 1 aromatic rings. The van der Waals surface area contributed by atoms with Gasteiger partial charge in [0.2, 0.25) is 0 Å². The zero-order chi connectivity index (χ0) is 13.1. The topological polar surface area (TPSA) is 33.7 Å². The average Bonchev–Trinajstić information content (AvgIpc) is 2.66. The molecule has 4 heteroatoms. The van der Waals surface area contributed by atoms with Gasteiger partial charge in [-0.1, -0.05) is 6.07 Å². The number of hydrogen-bond donors (Lipinski definition) is 1. The Labute approximate surface area is 114 Å². The Bertz CT molecular complexity index is 436. The number of nitrogens with one attached hydrogen (secondary N) is 1. The van der Waals surface area contributed by atoms with Gasteiger partial charge in [0, 0.05) is 32.1 Å². The molecule has 0 aliphatic carbocycles. The minimum absolute atomic E-state index is 0.568. The maximum atomic E-state index is 5.75. The number of piperazine rings is 1. The third-order valence-corrected chi connectivity index (χ3v) is 3.93. The fraction of sp³-hybridized carbons (Fsp3) is 0.600. The molecule has 2 heterocycles. The minimum atomic E-state index is 0.568. The van der Waals surface area contributed by atoms with Crippen molar-refractivity contribution in [2.45, 2.75) is 18.9 Å². The number of ether oxygens (including phenoxy) is 2. The normalized spacial score (nSPS) is 23.9. The predicted molar refractivity (Wildman–Crippen MR) is 75.0 cm³/mol. The van der Waals surface area contributed by atoms with Crippen LogP contribution < -0.4 is 14.8 Å². The van der Waals surface area contributed by atoms with Crippen LogP contribution in [0.1, 0.15) is 12.0 Å². The summed E-state index contributed by atoms with van der Waals surface area (Å²) in [4.78, 5) is 2.43. The van der Waals surface area contributed by atoms with Crippen LogP contribution in [-0.4, -0.2) is 50.8 Å². The Hall–Kier alpha value is -1.26. The first-order chi connectivity index (χ1) is 9.33. The number of fused-ring (bicyclic) bond motifs is 1. The molecule has 4 nitrogen and oxygen atoms in total. The summed E-state index contributed by atoms with van der Waals surface area (Å²) in [5, 5.41) is 3.46. The summed E-state index contributed by atoms with van der Waals surface area (Å²) in [6, 6.07) is 6.92. The molecule has 3 rings (SSSR count). The van der Waals surface area contributed by atoms with E-state index in [4.69, 9.17) is 9.47 Å². The minimum Gasteiger partial charge on any atom is -0.490 e. The molecule has 0 spiro atoms. The van der Waals surface area contributed by atoms with Crippen LogP contribution in [0.4, 0.5) is 0 Å². The Kier molecular flexibility index (Phi) is 3.89. The van der Waals surface area contributed by atoms with Gasteiger partial charge in [0.25, 0.3) is 0 Å². The molecule has 2 aliphatic heterocycles. The first-order valence-corrected chi connectivity index (χ1v) is 7.12. The summed E-state index contributed by atoms with van der Waals surface area (Å²) in [6.45, 7) is 4.78. The van der Waals surface area contributed by atoms with E-state index in [2.05, 4.69) is 29.4 Å². The molecule has 0 amide bonds. The molecule has 1 fully saturated rings. The molecule has 1 atom stereocenters. The van der Waals surface area contributed by atoms with Crippen LogP contribution in [0.25, 0.3) is 0 Å². The number of hydrogen-bond acceptors (Lipinski definition) is 4. The molecule has 1 unspecified atom stereocenters. The highest BCUT2D eigenvalue weighted by Gasteiger charge is 2.19. The van der Waals surface area contributed by atoms with Crippen molar-refractivity contribution in [1.82, 2.24) is 10.2 Å². The maximum Gasteiger partial charge on any atom is 0.161 e. The third kappa shape index (κ3) is 3.01. The second kappa shape index (κ2) is 5.80. The van der Waals surface area contributed by atoms with E-state index in [0.717, 1.165) is 57.2 Å². The molecule has 0 bridgehead atoms. The lowest BCUT2D eigenvalue weighted by Crippen LogP contribution is -2.50. The highest BCUT2D eigenvalue weighted by molar-refractivity contribution is 5.43. The van der Waals surface area contributed by atoms with Gasteiger partial charge in [0.05, 0.1) is 13.2 Å². The Morgan fingerprint density at radius 1 is 1.26 bits per heavy atom. The van der Waals surface area contributed by atoms with Gasteiger partial charge in [-0.05, 0) is 31.2 Å². The Morgan fingerprint density at radius 3 is 2.95 bits per heavy atom. The molecule has 0 aromatic heterocycles. The van der Waals surface area contributed by atoms with Crippen molar-refractivity contribution in [2.75, 3.05) is 39.9 Å². The lowest BCUT2D eigenvalue weighted by molar-refractivity contribution is 0.199. The van der Waals surface area contributed by atoms with Crippen molar-refractivity contribution in [3.63, 3.8) is 0 Å². The summed E-state index contributed by atoms with van der Waals surface area (Å²) < 4.78 is 11.4. The molecule has 104 valence electrons. The molecule has 19 heavy (non-hydrogen) atoms. The van der Waals surface area contributed by atoms with E-state index in [1.807, 2.05) is 6.07 Å². The van der Waals surface area contributed by atoms with Crippen molar-refractivity contribution in [1.29, 1.82) is 0 Å². The SMILES string of the molecule is CN1CCNCC1Cc1ccc2c(c1)OCCCO2. The molecule has 1 N–H and O–H groups in total. The van der Waals surface area contributed by atoms with Crippen molar-refractivity contribution >= 4 is 0 Å². The van der Waals surface area contributed by atoms with E-state index in [-0.39, 0.29) is 0 Å². The third-order valence-electron chi connectivity index (χ3n) is 3.93. The van der Waals surface area contributed by atoms with E-state index in [1.165, 1.54) is 5.56 Å². The van der Waals surface area contributed by atoms with Crippen LogP contribution >= 0.6 is 0 Å². The zero-order valence-corrected chi connectivity index (χ0v) is 11.5. The van der Waals surface area contributed by atoms with Gasteiger partial charge in [-0.25, -0.2) is 0 Å². The van der Waals surface area contributed by atoms with Crippen molar-refractivity contribution in [3.8, 4) is 11.5 Å².